The van der Waals surface area contributed by atoms with Crippen molar-refractivity contribution in [3.63, 3.8) is 0 Å². The molecule has 14 heavy (non-hydrogen) atoms. The average molecular weight is 193 g/mol. The van der Waals surface area contributed by atoms with Crippen LogP contribution in [0.15, 0.2) is 0 Å². The zero-order valence-corrected chi connectivity index (χ0v) is 8.55. The Morgan fingerprint density at radius 3 is 3.14 bits per heavy atom. The molecule has 0 aliphatic heterocycles. The molecule has 0 spiro atoms. The molecule has 0 fully saturated rings. The Balaban J connectivity index is 2.31. The van der Waals surface area contributed by atoms with Gasteiger partial charge >= 0.3 is 0 Å². The van der Waals surface area contributed by atoms with Crippen molar-refractivity contribution >= 4 is 11.7 Å². The van der Waals surface area contributed by atoms with Crippen LogP contribution in [0.2, 0.25) is 0 Å². The van der Waals surface area contributed by atoms with E-state index in [1.54, 1.807) is 0 Å². The number of rotatable bonds is 1. The summed E-state index contributed by atoms with van der Waals surface area (Å²) in [7, 11) is 0. The van der Waals surface area contributed by atoms with E-state index in [2.05, 4.69) is 22.4 Å². The van der Waals surface area contributed by atoms with Gasteiger partial charge in [-0.05, 0) is 25.2 Å². The number of amides is 1. The number of nitrogens with one attached hydrogen (secondary N) is 2. The topological polar surface area (TPSA) is 57.8 Å². The predicted molar refractivity (Wildman–Crippen MR) is 54.2 cm³/mol. The third kappa shape index (κ3) is 1.52. The van der Waals surface area contributed by atoms with Gasteiger partial charge in [0.25, 0.3) is 0 Å². The van der Waals surface area contributed by atoms with Crippen LogP contribution >= 0.6 is 0 Å². The molecular formula is C10H15N3O. The van der Waals surface area contributed by atoms with E-state index in [0.29, 0.717) is 5.92 Å². The molecule has 76 valence electrons. The third-order valence-electron chi connectivity index (χ3n) is 2.75. The largest absolute Gasteiger partial charge is 0.309 e. The molecule has 0 bridgehead atoms. The zero-order valence-electron chi connectivity index (χ0n) is 8.55. The highest BCUT2D eigenvalue weighted by atomic mass is 16.1. The maximum absolute atomic E-state index is 10.9. The van der Waals surface area contributed by atoms with Gasteiger partial charge in [0.05, 0.1) is 0 Å². The molecule has 0 radical (unpaired) electrons. The quantitative estimate of drug-likeness (QED) is 0.714. The molecule has 0 aromatic carbocycles. The Bertz CT molecular complexity index is 356. The van der Waals surface area contributed by atoms with E-state index in [-0.39, 0.29) is 5.91 Å². The standard InChI is InChI=1S/C10H15N3O/c1-6-4-3-5-8-9(6)12-13-10(8)11-7(2)14/h6H,3-5H2,1-2H3,(H2,11,12,13,14). The van der Waals surface area contributed by atoms with Crippen molar-refractivity contribution in [1.82, 2.24) is 10.2 Å². The van der Waals surface area contributed by atoms with Gasteiger partial charge in [-0.2, -0.15) is 5.10 Å². The minimum Gasteiger partial charge on any atom is -0.309 e. The van der Waals surface area contributed by atoms with Crippen molar-refractivity contribution < 1.29 is 4.79 Å². The summed E-state index contributed by atoms with van der Waals surface area (Å²) >= 11 is 0. The second kappa shape index (κ2) is 3.44. The lowest BCUT2D eigenvalue weighted by Crippen LogP contribution is -2.11. The molecule has 1 aromatic rings. The molecule has 4 nitrogen and oxygen atoms in total. The fourth-order valence-corrected chi connectivity index (χ4v) is 2.04. The highest BCUT2D eigenvalue weighted by Gasteiger charge is 2.22. The Morgan fingerprint density at radius 1 is 1.64 bits per heavy atom. The molecule has 1 aliphatic rings. The van der Waals surface area contributed by atoms with Crippen molar-refractivity contribution in [2.75, 3.05) is 5.32 Å². The Labute approximate surface area is 83.1 Å². The first-order valence-electron chi connectivity index (χ1n) is 5.03. The van der Waals surface area contributed by atoms with Crippen LogP contribution in [0.3, 0.4) is 0 Å². The zero-order chi connectivity index (χ0) is 10.1. The smallest absolute Gasteiger partial charge is 0.222 e. The van der Waals surface area contributed by atoms with Gasteiger partial charge in [-0.3, -0.25) is 9.89 Å². The molecule has 1 atom stereocenters. The summed E-state index contributed by atoms with van der Waals surface area (Å²) in [6, 6.07) is 0. The number of carbonyl (C=O) groups excluding carboxylic acids is 1. The predicted octanol–water partition coefficient (Wildman–Crippen LogP) is 1.81. The maximum Gasteiger partial charge on any atom is 0.222 e. The Hall–Kier alpha value is -1.32. The SMILES string of the molecule is CC(=O)Nc1n[nH]c2c1CCCC2C. The highest BCUT2D eigenvalue weighted by molar-refractivity contribution is 5.88. The number of aromatic amines is 1. The second-order valence-corrected chi connectivity index (χ2v) is 3.94. The molecule has 1 aromatic heterocycles. The van der Waals surface area contributed by atoms with E-state index in [1.165, 1.54) is 31.0 Å². The number of fused-ring (bicyclic) bond motifs is 1. The molecule has 1 unspecified atom stereocenters. The summed E-state index contributed by atoms with van der Waals surface area (Å²) in [6.45, 7) is 3.70. The number of H-pyrrole nitrogens is 1. The lowest BCUT2D eigenvalue weighted by Gasteiger charge is -2.17. The highest BCUT2D eigenvalue weighted by Crippen LogP contribution is 2.33. The van der Waals surface area contributed by atoms with Crippen molar-refractivity contribution in [3.05, 3.63) is 11.3 Å². The van der Waals surface area contributed by atoms with Crippen molar-refractivity contribution in [2.24, 2.45) is 0 Å². The number of hydrogen-bond acceptors (Lipinski definition) is 2. The van der Waals surface area contributed by atoms with E-state index >= 15 is 0 Å². The normalized spacial score (nSPS) is 20.3. The van der Waals surface area contributed by atoms with Crippen LogP contribution in [0.5, 0.6) is 0 Å². The number of carbonyl (C=O) groups is 1. The van der Waals surface area contributed by atoms with Gasteiger partial charge in [-0.25, -0.2) is 0 Å². The molecule has 0 saturated carbocycles. The molecule has 1 heterocycles. The third-order valence-corrected chi connectivity index (χ3v) is 2.75. The molecule has 0 saturated heterocycles. The van der Waals surface area contributed by atoms with Crippen molar-refractivity contribution in [1.29, 1.82) is 0 Å². The van der Waals surface area contributed by atoms with Crippen LogP contribution < -0.4 is 5.32 Å². The summed E-state index contributed by atoms with van der Waals surface area (Å²) in [5.41, 5.74) is 2.39. The number of anilines is 1. The minimum absolute atomic E-state index is 0.0578. The summed E-state index contributed by atoms with van der Waals surface area (Å²) in [5, 5.41) is 9.90. The monoisotopic (exact) mass is 193 g/mol. The van der Waals surface area contributed by atoms with Gasteiger partial charge in [-0.15, -0.1) is 0 Å². The fraction of sp³-hybridized carbons (Fsp3) is 0.600. The summed E-state index contributed by atoms with van der Waals surface area (Å²) in [4.78, 5) is 10.9. The van der Waals surface area contributed by atoms with E-state index in [4.69, 9.17) is 0 Å². The molecule has 4 heteroatoms. The summed E-state index contributed by atoms with van der Waals surface area (Å²) in [6.07, 6.45) is 3.40. The first-order valence-corrected chi connectivity index (χ1v) is 5.03. The molecule has 1 amide bonds. The van der Waals surface area contributed by atoms with E-state index in [1.807, 2.05) is 0 Å². The summed E-state index contributed by atoms with van der Waals surface area (Å²) < 4.78 is 0. The van der Waals surface area contributed by atoms with Crippen LogP contribution in [0.25, 0.3) is 0 Å². The van der Waals surface area contributed by atoms with Crippen LogP contribution in [0.1, 0.15) is 43.9 Å². The summed E-state index contributed by atoms with van der Waals surface area (Å²) in [5.74, 6) is 1.20. The van der Waals surface area contributed by atoms with Crippen LogP contribution in [-0.2, 0) is 11.2 Å². The fourth-order valence-electron chi connectivity index (χ4n) is 2.04. The van der Waals surface area contributed by atoms with Gasteiger partial charge < -0.3 is 5.32 Å². The molecule has 1 aliphatic carbocycles. The van der Waals surface area contributed by atoms with Gasteiger partial charge in [0, 0.05) is 18.2 Å². The van der Waals surface area contributed by atoms with Gasteiger partial charge in [0.2, 0.25) is 5.91 Å². The first kappa shape index (κ1) is 9.24. The van der Waals surface area contributed by atoms with E-state index in [9.17, 15) is 4.79 Å². The molecule has 2 rings (SSSR count). The Kier molecular flexibility index (Phi) is 2.27. The Morgan fingerprint density at radius 2 is 2.43 bits per heavy atom. The van der Waals surface area contributed by atoms with E-state index < -0.39 is 0 Å². The number of nitrogens with zero attached hydrogens (tertiary/aromatic N) is 1. The maximum atomic E-state index is 10.9. The van der Waals surface area contributed by atoms with Gasteiger partial charge in [0.15, 0.2) is 5.82 Å². The lowest BCUT2D eigenvalue weighted by atomic mass is 9.89. The number of aromatic nitrogens is 2. The van der Waals surface area contributed by atoms with Gasteiger partial charge in [-0.1, -0.05) is 6.92 Å². The molecular weight excluding hydrogens is 178 g/mol. The van der Waals surface area contributed by atoms with Gasteiger partial charge in [0.1, 0.15) is 0 Å². The lowest BCUT2D eigenvalue weighted by molar-refractivity contribution is -0.114. The number of hydrogen-bond donors (Lipinski definition) is 2. The average Bonchev–Trinajstić information content (AvgIpc) is 2.49. The van der Waals surface area contributed by atoms with Crippen molar-refractivity contribution in [3.8, 4) is 0 Å². The molecule has 2 N–H and O–H groups in total. The first-order chi connectivity index (χ1) is 6.68. The van der Waals surface area contributed by atoms with Crippen molar-refractivity contribution in [2.45, 2.75) is 39.0 Å². The van der Waals surface area contributed by atoms with Crippen LogP contribution in [0, 0.1) is 0 Å². The minimum atomic E-state index is -0.0578. The van der Waals surface area contributed by atoms with Crippen LogP contribution in [-0.4, -0.2) is 16.1 Å². The second-order valence-electron chi connectivity index (χ2n) is 3.94. The van der Waals surface area contributed by atoms with E-state index in [0.717, 1.165) is 12.2 Å². The van der Waals surface area contributed by atoms with Crippen LogP contribution in [0.4, 0.5) is 5.82 Å².